The van der Waals surface area contributed by atoms with Gasteiger partial charge in [0, 0.05) is 38.3 Å². The van der Waals surface area contributed by atoms with Crippen LogP contribution in [0.5, 0.6) is 5.75 Å². The standard InChI is InChI=1S/C24H27F2N5O3/c1-13(16-6-5-7-18-22(16)34-12-24(18,25)26)28-23-17-8-15(9-27-21(17)14(2)29-30-23)31-10-19(32-3)20(11-31)33-4/h5-9,13,19-20H,10-12H2,1-4H3,(H,28,30)/t13-,19-,20+/m1/s1. The fraction of sp³-hybridized carbons (Fsp3) is 0.458. The molecule has 1 aromatic carbocycles. The number of fused-ring (bicyclic) bond motifs is 2. The van der Waals surface area contributed by atoms with Gasteiger partial charge in [-0.25, -0.2) is 0 Å². The number of ether oxygens (including phenoxy) is 3. The second-order valence-electron chi connectivity index (χ2n) is 8.76. The van der Waals surface area contributed by atoms with Gasteiger partial charge in [0.1, 0.15) is 18.0 Å². The van der Waals surface area contributed by atoms with E-state index in [0.717, 1.165) is 16.6 Å². The van der Waals surface area contributed by atoms with Gasteiger partial charge >= 0.3 is 5.92 Å². The van der Waals surface area contributed by atoms with E-state index in [1.54, 1.807) is 26.4 Å². The average Bonchev–Trinajstić information content (AvgIpc) is 3.41. The molecule has 0 spiro atoms. The highest BCUT2D eigenvalue weighted by molar-refractivity contribution is 5.92. The Hall–Kier alpha value is -3.11. The van der Waals surface area contributed by atoms with Gasteiger partial charge in [-0.1, -0.05) is 12.1 Å². The summed E-state index contributed by atoms with van der Waals surface area (Å²) in [5, 5.41) is 12.7. The third-order valence-electron chi connectivity index (χ3n) is 6.61. The van der Waals surface area contributed by atoms with Crippen LogP contribution in [0.2, 0.25) is 0 Å². The van der Waals surface area contributed by atoms with E-state index in [-0.39, 0.29) is 29.6 Å². The topological polar surface area (TPSA) is 81.6 Å². The van der Waals surface area contributed by atoms with Crippen molar-refractivity contribution in [1.29, 1.82) is 0 Å². The molecule has 1 fully saturated rings. The summed E-state index contributed by atoms with van der Waals surface area (Å²) in [6.45, 7) is 4.45. The van der Waals surface area contributed by atoms with Gasteiger partial charge in [0.05, 0.1) is 34.7 Å². The molecule has 0 amide bonds. The lowest BCUT2D eigenvalue weighted by Crippen LogP contribution is -2.27. The minimum atomic E-state index is -2.99. The molecule has 0 bridgehead atoms. The Labute approximate surface area is 196 Å². The number of pyridine rings is 1. The molecular formula is C24H27F2N5O3. The predicted octanol–water partition coefficient (Wildman–Crippen LogP) is 3.84. The van der Waals surface area contributed by atoms with E-state index in [1.165, 1.54) is 6.07 Å². The first-order chi connectivity index (χ1) is 16.3. The van der Waals surface area contributed by atoms with Gasteiger partial charge in [0.25, 0.3) is 0 Å². The van der Waals surface area contributed by atoms with E-state index in [9.17, 15) is 8.78 Å². The fourth-order valence-corrected chi connectivity index (χ4v) is 4.70. The van der Waals surface area contributed by atoms with Gasteiger partial charge in [0.2, 0.25) is 0 Å². The molecule has 34 heavy (non-hydrogen) atoms. The fourth-order valence-electron chi connectivity index (χ4n) is 4.70. The van der Waals surface area contributed by atoms with Gasteiger partial charge in [-0.15, -0.1) is 5.10 Å². The lowest BCUT2D eigenvalue weighted by atomic mass is 10.0. The highest BCUT2D eigenvalue weighted by Crippen LogP contribution is 2.45. The Balaban J connectivity index is 1.48. The monoisotopic (exact) mass is 471 g/mol. The molecule has 2 aliphatic rings. The molecular weight excluding hydrogens is 444 g/mol. The molecule has 8 nitrogen and oxygen atoms in total. The van der Waals surface area contributed by atoms with E-state index < -0.39 is 12.5 Å². The van der Waals surface area contributed by atoms with Crippen LogP contribution in [-0.2, 0) is 15.4 Å². The van der Waals surface area contributed by atoms with Crippen LogP contribution >= 0.6 is 0 Å². The number of aryl methyl sites for hydroxylation is 1. The summed E-state index contributed by atoms with van der Waals surface area (Å²) in [5.41, 5.74) is 2.90. The molecule has 2 aromatic heterocycles. The SMILES string of the molecule is CO[C@H]1CN(c2cnc3c(C)nnc(N[C@H](C)c4cccc5c4OCC5(F)F)c3c2)C[C@H]1OC. The molecule has 2 aliphatic heterocycles. The van der Waals surface area contributed by atoms with Crippen molar-refractivity contribution >= 4 is 22.4 Å². The van der Waals surface area contributed by atoms with Gasteiger partial charge in [-0.05, 0) is 26.0 Å². The van der Waals surface area contributed by atoms with Crippen molar-refractivity contribution in [3.8, 4) is 5.75 Å². The molecule has 0 radical (unpaired) electrons. The number of aromatic nitrogens is 3. The number of hydrogen-bond acceptors (Lipinski definition) is 8. The smallest absolute Gasteiger partial charge is 0.310 e. The molecule has 0 unspecified atom stereocenters. The summed E-state index contributed by atoms with van der Waals surface area (Å²) >= 11 is 0. The Morgan fingerprint density at radius 2 is 1.91 bits per heavy atom. The lowest BCUT2D eigenvalue weighted by molar-refractivity contribution is -0.0214. The number of anilines is 2. The van der Waals surface area contributed by atoms with Gasteiger partial charge in [-0.3, -0.25) is 4.98 Å². The molecule has 1 saturated heterocycles. The van der Waals surface area contributed by atoms with Crippen molar-refractivity contribution in [1.82, 2.24) is 15.2 Å². The maximum Gasteiger partial charge on any atom is 0.310 e. The van der Waals surface area contributed by atoms with Crippen LogP contribution in [0.15, 0.2) is 30.5 Å². The predicted molar refractivity (Wildman–Crippen MR) is 124 cm³/mol. The number of benzene rings is 1. The van der Waals surface area contributed by atoms with E-state index in [1.807, 2.05) is 26.1 Å². The van der Waals surface area contributed by atoms with Crippen molar-refractivity contribution in [3.63, 3.8) is 0 Å². The van der Waals surface area contributed by atoms with Crippen molar-refractivity contribution in [2.24, 2.45) is 0 Å². The number of para-hydroxylation sites is 1. The zero-order valence-corrected chi connectivity index (χ0v) is 19.5. The highest BCUT2D eigenvalue weighted by atomic mass is 19.3. The highest BCUT2D eigenvalue weighted by Gasteiger charge is 2.43. The number of nitrogens with zero attached hydrogens (tertiary/aromatic N) is 4. The molecule has 0 aliphatic carbocycles. The Kier molecular flexibility index (Phi) is 5.73. The second-order valence-corrected chi connectivity index (χ2v) is 8.76. The first-order valence-corrected chi connectivity index (χ1v) is 11.2. The van der Waals surface area contributed by atoms with Crippen LogP contribution in [0.25, 0.3) is 10.9 Å². The van der Waals surface area contributed by atoms with Crippen molar-refractivity contribution in [2.45, 2.75) is 38.0 Å². The van der Waals surface area contributed by atoms with Crippen molar-refractivity contribution < 1.29 is 23.0 Å². The summed E-state index contributed by atoms with van der Waals surface area (Å²) in [5.74, 6) is -2.24. The molecule has 1 N–H and O–H groups in total. The van der Waals surface area contributed by atoms with E-state index >= 15 is 0 Å². The minimum absolute atomic E-state index is 0.0334. The van der Waals surface area contributed by atoms with Gasteiger partial charge in [0.15, 0.2) is 12.4 Å². The van der Waals surface area contributed by atoms with Gasteiger partial charge in [-0.2, -0.15) is 13.9 Å². The van der Waals surface area contributed by atoms with Crippen LogP contribution < -0.4 is 15.0 Å². The minimum Gasteiger partial charge on any atom is -0.486 e. The van der Waals surface area contributed by atoms with Crippen LogP contribution in [0.1, 0.15) is 29.8 Å². The summed E-state index contributed by atoms with van der Waals surface area (Å²) in [7, 11) is 3.36. The zero-order chi connectivity index (χ0) is 24.0. The summed E-state index contributed by atoms with van der Waals surface area (Å²) in [6, 6.07) is 6.48. The maximum atomic E-state index is 14.2. The van der Waals surface area contributed by atoms with Crippen molar-refractivity contribution in [2.75, 3.05) is 44.1 Å². The molecule has 5 rings (SSSR count). The quantitative estimate of drug-likeness (QED) is 0.581. The number of nitrogens with one attached hydrogen (secondary N) is 1. The molecule has 180 valence electrons. The first-order valence-electron chi connectivity index (χ1n) is 11.2. The average molecular weight is 472 g/mol. The van der Waals surface area contributed by atoms with E-state index in [0.29, 0.717) is 30.2 Å². The third-order valence-corrected chi connectivity index (χ3v) is 6.61. The summed E-state index contributed by atoms with van der Waals surface area (Å²) < 4.78 is 44.8. The molecule has 10 heteroatoms. The molecule has 4 heterocycles. The van der Waals surface area contributed by atoms with Crippen LogP contribution in [0, 0.1) is 6.92 Å². The van der Waals surface area contributed by atoms with E-state index in [2.05, 4.69) is 25.4 Å². The largest absolute Gasteiger partial charge is 0.486 e. The first kappa shape index (κ1) is 22.7. The summed E-state index contributed by atoms with van der Waals surface area (Å²) in [6.07, 6.45) is 1.75. The van der Waals surface area contributed by atoms with Crippen LogP contribution in [0.4, 0.5) is 20.3 Å². The van der Waals surface area contributed by atoms with Gasteiger partial charge < -0.3 is 24.4 Å². The zero-order valence-electron chi connectivity index (χ0n) is 19.5. The van der Waals surface area contributed by atoms with E-state index in [4.69, 9.17) is 14.2 Å². The number of hydrogen-bond donors (Lipinski definition) is 1. The number of methoxy groups -OCH3 is 2. The Bertz CT molecular complexity index is 1210. The number of alkyl halides is 2. The number of halogens is 2. The second kappa shape index (κ2) is 8.59. The summed E-state index contributed by atoms with van der Waals surface area (Å²) in [4.78, 5) is 6.82. The Morgan fingerprint density at radius 3 is 2.62 bits per heavy atom. The number of rotatable bonds is 6. The van der Waals surface area contributed by atoms with Crippen LogP contribution in [-0.4, -0.2) is 61.3 Å². The molecule has 3 atom stereocenters. The molecule has 0 saturated carbocycles. The van der Waals surface area contributed by atoms with Crippen LogP contribution in [0.3, 0.4) is 0 Å². The molecule has 3 aromatic rings. The third kappa shape index (κ3) is 3.80. The van der Waals surface area contributed by atoms with Crippen molar-refractivity contribution in [3.05, 3.63) is 47.3 Å². The maximum absolute atomic E-state index is 14.2. The normalized spacial score (nSPS) is 22.0. The lowest BCUT2D eigenvalue weighted by Gasteiger charge is -2.21. The Morgan fingerprint density at radius 1 is 1.18 bits per heavy atom.